The van der Waals surface area contributed by atoms with Crippen molar-refractivity contribution >= 4 is 11.5 Å². The molecule has 1 aliphatic carbocycles. The van der Waals surface area contributed by atoms with Gasteiger partial charge < -0.3 is 4.74 Å². The van der Waals surface area contributed by atoms with E-state index < -0.39 is 0 Å². The van der Waals surface area contributed by atoms with Gasteiger partial charge in [0.1, 0.15) is 0 Å². The van der Waals surface area contributed by atoms with Crippen molar-refractivity contribution in [2.24, 2.45) is 11.3 Å². The minimum Gasteiger partial charge on any atom is -0.468 e. The lowest BCUT2D eigenvalue weighted by Gasteiger charge is -2.11. The van der Waals surface area contributed by atoms with E-state index in [1.165, 1.54) is 23.8 Å². The molecule has 2 rings (SSSR count). The zero-order valence-corrected chi connectivity index (χ0v) is 12.6. The van der Waals surface area contributed by atoms with Gasteiger partial charge in [-0.25, -0.2) is 0 Å². The van der Waals surface area contributed by atoms with Crippen molar-refractivity contribution in [1.82, 2.24) is 0 Å². The van der Waals surface area contributed by atoms with Crippen molar-refractivity contribution in [3.05, 3.63) is 53.6 Å². The molecule has 0 spiro atoms. The summed E-state index contributed by atoms with van der Waals surface area (Å²) in [5.41, 5.74) is 3.62. The summed E-state index contributed by atoms with van der Waals surface area (Å²) in [6.07, 6.45) is 4.92. The molecule has 1 aromatic carbocycles. The summed E-state index contributed by atoms with van der Waals surface area (Å²) < 4.78 is 4.96. The van der Waals surface area contributed by atoms with Crippen LogP contribution < -0.4 is 0 Å². The number of carbonyl (C=O) groups is 1. The third-order valence-corrected chi connectivity index (χ3v) is 3.90. The van der Waals surface area contributed by atoms with Crippen molar-refractivity contribution in [3.8, 4) is 0 Å². The topological polar surface area (TPSA) is 26.3 Å². The van der Waals surface area contributed by atoms with Gasteiger partial charge in [-0.2, -0.15) is 0 Å². The monoisotopic (exact) mass is 270 g/mol. The van der Waals surface area contributed by atoms with Crippen molar-refractivity contribution < 1.29 is 9.53 Å². The molecule has 0 saturated heterocycles. The zero-order chi connectivity index (χ0) is 14.8. The first-order chi connectivity index (χ1) is 9.54. The first-order valence-corrected chi connectivity index (χ1v) is 7.09. The maximum Gasteiger partial charge on any atom is 0.316 e. The molecule has 0 heterocycles. The van der Waals surface area contributed by atoms with E-state index in [2.05, 4.69) is 32.9 Å². The van der Waals surface area contributed by atoms with E-state index in [9.17, 15) is 4.79 Å². The number of rotatable bonds is 5. The molecule has 0 amide bonds. The highest BCUT2D eigenvalue weighted by atomic mass is 16.5. The molecule has 1 atom stereocenters. The fraction of sp³-hybridized carbons (Fsp3) is 0.389. The van der Waals surface area contributed by atoms with E-state index >= 15 is 0 Å². The van der Waals surface area contributed by atoms with Gasteiger partial charge in [-0.1, -0.05) is 63.3 Å². The second-order valence-electron chi connectivity index (χ2n) is 5.62. The molecule has 2 nitrogen and oxygen atoms in total. The molecule has 0 N–H and O–H groups in total. The van der Waals surface area contributed by atoms with E-state index in [4.69, 9.17) is 4.74 Å². The van der Waals surface area contributed by atoms with E-state index in [0.29, 0.717) is 0 Å². The molecule has 0 aromatic heterocycles. The predicted octanol–water partition coefficient (Wildman–Crippen LogP) is 4.24. The molecule has 1 unspecified atom stereocenters. The van der Waals surface area contributed by atoms with Gasteiger partial charge in [0.2, 0.25) is 0 Å². The number of hydrogen-bond donors (Lipinski definition) is 0. The van der Waals surface area contributed by atoms with Crippen LogP contribution in [0.2, 0.25) is 0 Å². The second-order valence-corrected chi connectivity index (χ2v) is 5.62. The van der Waals surface area contributed by atoms with Gasteiger partial charge in [-0.15, -0.1) is 0 Å². The molecule has 0 saturated carbocycles. The van der Waals surface area contributed by atoms with Gasteiger partial charge >= 0.3 is 5.97 Å². The highest BCUT2D eigenvalue weighted by molar-refractivity contribution is 5.96. The van der Waals surface area contributed by atoms with E-state index in [-0.39, 0.29) is 17.3 Å². The molecule has 2 heteroatoms. The van der Waals surface area contributed by atoms with Crippen molar-refractivity contribution in [1.29, 1.82) is 0 Å². The molecule has 1 aliphatic rings. The quantitative estimate of drug-likeness (QED) is 0.591. The van der Waals surface area contributed by atoms with Gasteiger partial charge in [0, 0.05) is 5.41 Å². The molecule has 0 aliphatic heterocycles. The lowest BCUT2D eigenvalue weighted by atomic mass is 9.94. The first kappa shape index (κ1) is 14.6. The van der Waals surface area contributed by atoms with Crippen LogP contribution in [0.3, 0.4) is 0 Å². The van der Waals surface area contributed by atoms with E-state index in [1.54, 1.807) is 0 Å². The number of allylic oxidation sites excluding steroid dienone is 2. The van der Waals surface area contributed by atoms with E-state index in [1.807, 2.05) is 30.4 Å². The van der Waals surface area contributed by atoms with Crippen LogP contribution in [0.25, 0.3) is 5.57 Å². The standard InChI is InChI=1S/C18H22O2/c1-5-6-12-14(17(19)20-4)16-15(18(16,2)3)13-10-8-7-9-11-13/h6-12,14H,5H2,1-4H3/b12-6+. The van der Waals surface area contributed by atoms with Gasteiger partial charge in [-0.05, 0) is 23.1 Å². The Morgan fingerprint density at radius 1 is 1.30 bits per heavy atom. The highest BCUT2D eigenvalue weighted by Crippen LogP contribution is 2.61. The summed E-state index contributed by atoms with van der Waals surface area (Å²) in [6, 6.07) is 10.3. The zero-order valence-electron chi connectivity index (χ0n) is 12.6. The number of benzene rings is 1. The second kappa shape index (κ2) is 5.66. The van der Waals surface area contributed by atoms with Crippen LogP contribution in [0.5, 0.6) is 0 Å². The predicted molar refractivity (Wildman–Crippen MR) is 82.1 cm³/mol. The van der Waals surface area contributed by atoms with Crippen LogP contribution in [-0.4, -0.2) is 13.1 Å². The minimum absolute atomic E-state index is 0.0295. The third kappa shape index (κ3) is 2.55. The Hall–Kier alpha value is -1.83. The Labute approximate surface area is 121 Å². The molecule has 20 heavy (non-hydrogen) atoms. The summed E-state index contributed by atoms with van der Waals surface area (Å²) in [6.45, 7) is 6.40. The molecule has 0 bridgehead atoms. The van der Waals surface area contributed by atoms with Crippen LogP contribution in [0.4, 0.5) is 0 Å². The highest BCUT2D eigenvalue weighted by Gasteiger charge is 2.50. The van der Waals surface area contributed by atoms with Crippen LogP contribution >= 0.6 is 0 Å². The van der Waals surface area contributed by atoms with Gasteiger partial charge in [-0.3, -0.25) is 4.79 Å². The summed E-state index contributed by atoms with van der Waals surface area (Å²) in [7, 11) is 1.45. The van der Waals surface area contributed by atoms with Gasteiger partial charge in [0.15, 0.2) is 0 Å². The molecular formula is C18H22O2. The van der Waals surface area contributed by atoms with Crippen LogP contribution in [-0.2, 0) is 9.53 Å². The van der Waals surface area contributed by atoms with Crippen LogP contribution in [0, 0.1) is 11.3 Å². The summed E-state index contributed by atoms with van der Waals surface area (Å²) in [5.74, 6) is -0.436. The fourth-order valence-electron chi connectivity index (χ4n) is 2.85. The Balaban J connectivity index is 2.39. The summed E-state index contributed by atoms with van der Waals surface area (Å²) in [5, 5.41) is 0. The molecule has 1 aromatic rings. The average molecular weight is 270 g/mol. The first-order valence-electron chi connectivity index (χ1n) is 7.09. The number of esters is 1. The minimum atomic E-state index is -0.259. The average Bonchev–Trinajstić information content (AvgIpc) is 3.02. The molecule has 0 radical (unpaired) electrons. The Morgan fingerprint density at radius 3 is 2.50 bits per heavy atom. The van der Waals surface area contributed by atoms with Gasteiger partial charge in [0.05, 0.1) is 13.0 Å². The SMILES string of the molecule is CC/C=C/C(C(=O)OC)C1=C(c2ccccc2)C1(C)C. The lowest BCUT2D eigenvalue weighted by Crippen LogP contribution is -2.15. The Bertz CT molecular complexity index is 550. The largest absolute Gasteiger partial charge is 0.468 e. The normalized spacial score (nSPS) is 18.2. The summed E-state index contributed by atoms with van der Waals surface area (Å²) >= 11 is 0. The van der Waals surface area contributed by atoms with Crippen LogP contribution in [0.15, 0.2) is 48.1 Å². The number of hydrogen-bond acceptors (Lipinski definition) is 2. The molecule has 106 valence electrons. The van der Waals surface area contributed by atoms with Crippen molar-refractivity contribution in [2.75, 3.05) is 7.11 Å². The molecule has 0 fully saturated rings. The maximum atomic E-state index is 12.1. The maximum absolute atomic E-state index is 12.1. The smallest absolute Gasteiger partial charge is 0.316 e. The van der Waals surface area contributed by atoms with Crippen LogP contribution in [0.1, 0.15) is 32.8 Å². The third-order valence-electron chi connectivity index (χ3n) is 3.90. The van der Waals surface area contributed by atoms with E-state index in [0.717, 1.165) is 6.42 Å². The fourth-order valence-corrected chi connectivity index (χ4v) is 2.85. The van der Waals surface area contributed by atoms with Crippen molar-refractivity contribution in [3.63, 3.8) is 0 Å². The number of methoxy groups -OCH3 is 1. The Morgan fingerprint density at radius 2 is 1.95 bits per heavy atom. The van der Waals surface area contributed by atoms with Crippen molar-refractivity contribution in [2.45, 2.75) is 27.2 Å². The molecular weight excluding hydrogens is 248 g/mol. The Kier molecular flexibility index (Phi) is 4.12. The number of carbonyl (C=O) groups excluding carboxylic acids is 1. The number of ether oxygens (including phenoxy) is 1. The van der Waals surface area contributed by atoms with Gasteiger partial charge in [0.25, 0.3) is 0 Å². The summed E-state index contributed by atoms with van der Waals surface area (Å²) in [4.78, 5) is 12.1. The lowest BCUT2D eigenvalue weighted by molar-refractivity contribution is -0.142.